The Kier molecular flexibility index (Phi) is 2.58. The van der Waals surface area contributed by atoms with Crippen LogP contribution in [0, 0.1) is 5.41 Å². The third kappa shape index (κ3) is 2.13. The van der Waals surface area contributed by atoms with E-state index in [2.05, 4.69) is 0 Å². The summed E-state index contributed by atoms with van der Waals surface area (Å²) in [6.45, 7) is 11.1. The number of hydrogen-bond donors (Lipinski definition) is 0. The summed E-state index contributed by atoms with van der Waals surface area (Å²) in [4.78, 5) is 24.8. The predicted molar refractivity (Wildman–Crippen MR) is 56.3 cm³/mol. The lowest BCUT2D eigenvalue weighted by Crippen LogP contribution is -2.47. The van der Waals surface area contributed by atoms with Crippen LogP contribution in [0.1, 0.15) is 41.5 Å². The third-order valence-electron chi connectivity index (χ3n) is 2.30. The van der Waals surface area contributed by atoms with Crippen molar-refractivity contribution in [1.82, 2.24) is 4.90 Å². The van der Waals surface area contributed by atoms with E-state index in [0.717, 1.165) is 0 Å². The second kappa shape index (κ2) is 3.22. The standard InChI is InChI=1S/C11H19NO3/c1-10(2,3)7-8(13)12(9(14)15-7)11(4,5)6/h7H,1-6H3. The largest absolute Gasteiger partial charge is 0.435 e. The van der Waals surface area contributed by atoms with Gasteiger partial charge >= 0.3 is 6.09 Å². The Balaban J connectivity index is 3.00. The van der Waals surface area contributed by atoms with Crippen molar-refractivity contribution in [2.45, 2.75) is 53.2 Å². The molecule has 1 aliphatic rings. The van der Waals surface area contributed by atoms with E-state index in [1.807, 2.05) is 41.5 Å². The molecule has 1 fully saturated rings. The van der Waals surface area contributed by atoms with Crippen molar-refractivity contribution in [1.29, 1.82) is 0 Å². The monoisotopic (exact) mass is 213 g/mol. The molecule has 0 aromatic heterocycles. The minimum atomic E-state index is -0.663. The fourth-order valence-corrected chi connectivity index (χ4v) is 1.56. The summed E-state index contributed by atoms with van der Waals surface area (Å²) in [5.41, 5.74) is -0.874. The Hall–Kier alpha value is -1.06. The number of carbonyl (C=O) groups is 2. The molecule has 0 N–H and O–H groups in total. The summed E-state index contributed by atoms with van der Waals surface area (Å²) in [7, 11) is 0. The van der Waals surface area contributed by atoms with Gasteiger partial charge in [-0.15, -0.1) is 0 Å². The molecule has 86 valence electrons. The molecule has 1 rings (SSSR count). The molecule has 0 aromatic rings. The molecule has 0 spiro atoms. The number of ether oxygens (including phenoxy) is 1. The predicted octanol–water partition coefficient (Wildman–Crippen LogP) is 2.18. The van der Waals surface area contributed by atoms with Gasteiger partial charge in [0.25, 0.3) is 5.91 Å². The van der Waals surface area contributed by atoms with Crippen molar-refractivity contribution < 1.29 is 14.3 Å². The number of cyclic esters (lactones) is 1. The van der Waals surface area contributed by atoms with E-state index < -0.39 is 17.7 Å². The summed E-state index contributed by atoms with van der Waals surface area (Å²) in [5.74, 6) is -0.236. The van der Waals surface area contributed by atoms with Crippen molar-refractivity contribution in [3.8, 4) is 0 Å². The second-order valence-electron chi connectivity index (χ2n) is 5.97. The maximum atomic E-state index is 12.0. The van der Waals surface area contributed by atoms with Crippen LogP contribution in [-0.2, 0) is 9.53 Å². The molecular weight excluding hydrogens is 194 g/mol. The zero-order valence-electron chi connectivity index (χ0n) is 10.2. The minimum Gasteiger partial charge on any atom is -0.435 e. The van der Waals surface area contributed by atoms with E-state index >= 15 is 0 Å². The van der Waals surface area contributed by atoms with Gasteiger partial charge in [0.1, 0.15) is 0 Å². The highest BCUT2D eigenvalue weighted by atomic mass is 16.6. The van der Waals surface area contributed by atoms with Crippen molar-refractivity contribution in [3.05, 3.63) is 0 Å². The average Bonchev–Trinajstić information content (AvgIpc) is 2.22. The molecule has 0 radical (unpaired) electrons. The van der Waals surface area contributed by atoms with Crippen LogP contribution >= 0.6 is 0 Å². The van der Waals surface area contributed by atoms with Gasteiger partial charge in [-0.05, 0) is 20.8 Å². The van der Waals surface area contributed by atoms with E-state index in [0.29, 0.717) is 0 Å². The first-order chi connectivity index (χ1) is 6.55. The number of nitrogens with zero attached hydrogens (tertiary/aromatic N) is 1. The molecule has 1 heterocycles. The Bertz CT molecular complexity index is 296. The van der Waals surface area contributed by atoms with Crippen LogP contribution in [0.4, 0.5) is 4.79 Å². The molecule has 1 saturated heterocycles. The number of carbonyl (C=O) groups excluding carboxylic acids is 2. The van der Waals surface area contributed by atoms with Crippen LogP contribution in [0.5, 0.6) is 0 Å². The van der Waals surface area contributed by atoms with Gasteiger partial charge in [-0.1, -0.05) is 20.8 Å². The molecule has 0 aliphatic carbocycles. The van der Waals surface area contributed by atoms with E-state index in [4.69, 9.17) is 4.74 Å². The highest BCUT2D eigenvalue weighted by molar-refractivity contribution is 6.01. The Labute approximate surface area is 90.6 Å². The van der Waals surface area contributed by atoms with Gasteiger partial charge in [0, 0.05) is 11.0 Å². The Morgan fingerprint density at radius 2 is 1.53 bits per heavy atom. The van der Waals surface area contributed by atoms with Gasteiger partial charge in [0.2, 0.25) is 0 Å². The van der Waals surface area contributed by atoms with Crippen LogP contribution in [-0.4, -0.2) is 28.5 Å². The van der Waals surface area contributed by atoms with Gasteiger partial charge in [-0.25, -0.2) is 9.69 Å². The normalized spacial score (nSPS) is 23.3. The number of amides is 2. The van der Waals surface area contributed by atoms with Crippen LogP contribution in [0.3, 0.4) is 0 Å². The molecule has 1 aliphatic heterocycles. The topological polar surface area (TPSA) is 46.6 Å². The molecule has 0 aromatic carbocycles. The first-order valence-electron chi connectivity index (χ1n) is 5.10. The highest BCUT2D eigenvalue weighted by Crippen LogP contribution is 2.32. The van der Waals surface area contributed by atoms with Gasteiger partial charge in [0.15, 0.2) is 6.10 Å². The minimum absolute atomic E-state index is 0.236. The highest BCUT2D eigenvalue weighted by Gasteiger charge is 2.50. The Morgan fingerprint density at radius 3 is 1.73 bits per heavy atom. The van der Waals surface area contributed by atoms with E-state index in [1.54, 1.807) is 0 Å². The van der Waals surface area contributed by atoms with Crippen LogP contribution in [0.15, 0.2) is 0 Å². The van der Waals surface area contributed by atoms with Gasteiger partial charge in [-0.2, -0.15) is 0 Å². The van der Waals surface area contributed by atoms with Gasteiger partial charge in [0.05, 0.1) is 0 Å². The third-order valence-corrected chi connectivity index (χ3v) is 2.30. The van der Waals surface area contributed by atoms with E-state index in [9.17, 15) is 9.59 Å². The number of hydrogen-bond acceptors (Lipinski definition) is 3. The Morgan fingerprint density at radius 1 is 1.07 bits per heavy atom. The smallest absolute Gasteiger partial charge is 0.417 e. The average molecular weight is 213 g/mol. The molecule has 0 saturated carbocycles. The van der Waals surface area contributed by atoms with Crippen LogP contribution in [0.2, 0.25) is 0 Å². The van der Waals surface area contributed by atoms with Crippen LogP contribution in [0.25, 0.3) is 0 Å². The summed E-state index contributed by atoms with van der Waals surface area (Å²) < 4.78 is 5.11. The zero-order chi connectivity index (χ0) is 12.0. The van der Waals surface area contributed by atoms with Crippen molar-refractivity contribution in [2.75, 3.05) is 0 Å². The first-order valence-corrected chi connectivity index (χ1v) is 5.10. The van der Waals surface area contributed by atoms with E-state index in [-0.39, 0.29) is 11.3 Å². The van der Waals surface area contributed by atoms with Gasteiger partial charge < -0.3 is 4.74 Å². The van der Waals surface area contributed by atoms with Crippen molar-refractivity contribution in [3.63, 3.8) is 0 Å². The molecule has 1 unspecified atom stereocenters. The van der Waals surface area contributed by atoms with Crippen molar-refractivity contribution in [2.24, 2.45) is 5.41 Å². The number of imide groups is 1. The SMILES string of the molecule is CC(C)(C)C1OC(=O)N(C(C)(C)C)C1=O. The molecular formula is C11H19NO3. The summed E-state index contributed by atoms with van der Waals surface area (Å²) in [6, 6.07) is 0. The number of rotatable bonds is 0. The summed E-state index contributed by atoms with van der Waals surface area (Å²) in [6.07, 6.45) is -1.20. The maximum Gasteiger partial charge on any atom is 0.417 e. The quantitative estimate of drug-likeness (QED) is 0.619. The summed E-state index contributed by atoms with van der Waals surface area (Å²) in [5, 5.41) is 0. The van der Waals surface area contributed by atoms with Crippen molar-refractivity contribution >= 4 is 12.0 Å². The molecule has 4 heteroatoms. The fourth-order valence-electron chi connectivity index (χ4n) is 1.56. The molecule has 2 amide bonds. The first kappa shape index (κ1) is 12.0. The lowest BCUT2D eigenvalue weighted by molar-refractivity contribution is -0.135. The zero-order valence-corrected chi connectivity index (χ0v) is 10.2. The van der Waals surface area contributed by atoms with E-state index in [1.165, 1.54) is 4.90 Å². The maximum absolute atomic E-state index is 12.0. The summed E-state index contributed by atoms with van der Waals surface area (Å²) >= 11 is 0. The molecule has 4 nitrogen and oxygen atoms in total. The second-order valence-corrected chi connectivity index (χ2v) is 5.97. The molecule has 15 heavy (non-hydrogen) atoms. The van der Waals surface area contributed by atoms with Gasteiger partial charge in [-0.3, -0.25) is 4.79 Å². The lowest BCUT2D eigenvalue weighted by Gasteiger charge is -2.28. The van der Waals surface area contributed by atoms with Crippen LogP contribution < -0.4 is 0 Å². The lowest BCUT2D eigenvalue weighted by atomic mass is 9.88. The molecule has 1 atom stereocenters. The fraction of sp³-hybridized carbons (Fsp3) is 0.818. The molecule has 0 bridgehead atoms.